The van der Waals surface area contributed by atoms with Crippen LogP contribution in [0.15, 0.2) is 28.7 Å². The third-order valence-corrected chi connectivity index (χ3v) is 5.39. The van der Waals surface area contributed by atoms with Crippen LogP contribution in [0, 0.1) is 11.8 Å². The van der Waals surface area contributed by atoms with Gasteiger partial charge in [-0.1, -0.05) is 35.2 Å². The fraction of sp³-hybridized carbons (Fsp3) is 0.647. The molecule has 0 radical (unpaired) electrons. The highest BCUT2D eigenvalue weighted by Gasteiger charge is 2.30. The number of piperidine rings is 1. The van der Waals surface area contributed by atoms with Gasteiger partial charge in [0, 0.05) is 17.6 Å². The number of nitrogens with zero attached hydrogens (tertiary/aromatic N) is 1. The zero-order chi connectivity index (χ0) is 13.8. The van der Waals surface area contributed by atoms with E-state index >= 15 is 0 Å². The number of fused-ring (bicyclic) bond motifs is 1. The molecule has 0 bridgehead atoms. The number of benzene rings is 1. The SMILES string of the molecule is Brc1ccc(OCCN2CCC3CCCCC3C2)cc1. The summed E-state index contributed by atoms with van der Waals surface area (Å²) in [6.07, 6.45) is 7.25. The largest absolute Gasteiger partial charge is 0.492 e. The molecule has 1 saturated heterocycles. The van der Waals surface area contributed by atoms with Crippen LogP contribution in [0.2, 0.25) is 0 Å². The van der Waals surface area contributed by atoms with Crippen LogP contribution in [0.3, 0.4) is 0 Å². The van der Waals surface area contributed by atoms with Crippen molar-refractivity contribution in [2.75, 3.05) is 26.2 Å². The van der Waals surface area contributed by atoms with Gasteiger partial charge in [-0.05, 0) is 55.5 Å². The topological polar surface area (TPSA) is 12.5 Å². The monoisotopic (exact) mass is 337 g/mol. The summed E-state index contributed by atoms with van der Waals surface area (Å²) in [7, 11) is 0. The van der Waals surface area contributed by atoms with E-state index in [9.17, 15) is 0 Å². The van der Waals surface area contributed by atoms with Crippen LogP contribution in [0.5, 0.6) is 5.75 Å². The van der Waals surface area contributed by atoms with E-state index in [1.165, 1.54) is 45.2 Å². The van der Waals surface area contributed by atoms with E-state index in [1.807, 2.05) is 24.3 Å². The van der Waals surface area contributed by atoms with Gasteiger partial charge in [-0.2, -0.15) is 0 Å². The van der Waals surface area contributed by atoms with E-state index in [2.05, 4.69) is 20.8 Å². The summed E-state index contributed by atoms with van der Waals surface area (Å²) < 4.78 is 6.94. The second-order valence-corrected chi connectivity index (χ2v) is 7.11. The molecule has 2 aliphatic rings. The van der Waals surface area contributed by atoms with Gasteiger partial charge in [0.15, 0.2) is 0 Å². The Kier molecular flexibility index (Phi) is 5.00. The number of rotatable bonds is 4. The van der Waals surface area contributed by atoms with Crippen molar-refractivity contribution >= 4 is 15.9 Å². The van der Waals surface area contributed by atoms with Crippen molar-refractivity contribution in [2.24, 2.45) is 11.8 Å². The van der Waals surface area contributed by atoms with Crippen LogP contribution in [-0.4, -0.2) is 31.1 Å². The summed E-state index contributed by atoms with van der Waals surface area (Å²) in [5.74, 6) is 2.96. The quantitative estimate of drug-likeness (QED) is 0.810. The molecule has 0 amide bonds. The minimum atomic E-state index is 0.805. The molecule has 1 saturated carbocycles. The Balaban J connectivity index is 1.41. The molecule has 3 rings (SSSR count). The summed E-state index contributed by atoms with van der Waals surface area (Å²) in [5, 5.41) is 0. The second-order valence-electron chi connectivity index (χ2n) is 6.20. The van der Waals surface area contributed by atoms with Crippen molar-refractivity contribution < 1.29 is 4.74 Å². The lowest BCUT2D eigenvalue weighted by Crippen LogP contribution is -2.43. The van der Waals surface area contributed by atoms with Gasteiger partial charge in [0.1, 0.15) is 12.4 Å². The Labute approximate surface area is 130 Å². The van der Waals surface area contributed by atoms with E-state index in [4.69, 9.17) is 4.74 Å². The number of hydrogen-bond acceptors (Lipinski definition) is 2. The zero-order valence-corrected chi connectivity index (χ0v) is 13.6. The summed E-state index contributed by atoms with van der Waals surface area (Å²) >= 11 is 3.44. The van der Waals surface area contributed by atoms with E-state index in [0.29, 0.717) is 0 Å². The minimum absolute atomic E-state index is 0.805. The molecular weight excluding hydrogens is 314 g/mol. The van der Waals surface area contributed by atoms with Crippen LogP contribution in [-0.2, 0) is 0 Å². The Morgan fingerprint density at radius 1 is 1.05 bits per heavy atom. The third kappa shape index (κ3) is 3.76. The Bertz CT molecular complexity index is 420. The Hall–Kier alpha value is -0.540. The summed E-state index contributed by atoms with van der Waals surface area (Å²) in [5.41, 5.74) is 0. The molecule has 1 aromatic carbocycles. The van der Waals surface area contributed by atoms with Crippen molar-refractivity contribution in [3.63, 3.8) is 0 Å². The Morgan fingerprint density at radius 3 is 2.60 bits per heavy atom. The van der Waals surface area contributed by atoms with E-state index in [1.54, 1.807) is 0 Å². The molecular formula is C17H24BrNO. The molecule has 3 heteroatoms. The van der Waals surface area contributed by atoms with Crippen LogP contribution < -0.4 is 4.74 Å². The van der Waals surface area contributed by atoms with Gasteiger partial charge in [0.25, 0.3) is 0 Å². The lowest BCUT2D eigenvalue weighted by molar-refractivity contribution is 0.0766. The molecule has 1 aliphatic heterocycles. The maximum Gasteiger partial charge on any atom is 0.119 e. The van der Waals surface area contributed by atoms with Gasteiger partial charge >= 0.3 is 0 Å². The number of likely N-dealkylation sites (tertiary alicyclic amines) is 1. The molecule has 1 aliphatic carbocycles. The smallest absolute Gasteiger partial charge is 0.119 e. The Morgan fingerprint density at radius 2 is 1.80 bits per heavy atom. The predicted octanol–water partition coefficient (Wildman–Crippen LogP) is 4.34. The first kappa shape index (κ1) is 14.4. The summed E-state index contributed by atoms with van der Waals surface area (Å²) in [6.45, 7) is 4.44. The number of ether oxygens (including phenoxy) is 1. The number of halogens is 1. The first-order valence-electron chi connectivity index (χ1n) is 7.92. The molecule has 1 heterocycles. The normalized spacial score (nSPS) is 27.1. The minimum Gasteiger partial charge on any atom is -0.492 e. The fourth-order valence-electron chi connectivity index (χ4n) is 3.70. The summed E-state index contributed by atoms with van der Waals surface area (Å²) in [6, 6.07) is 8.11. The van der Waals surface area contributed by atoms with E-state index < -0.39 is 0 Å². The second kappa shape index (κ2) is 6.95. The average Bonchev–Trinajstić information content (AvgIpc) is 2.49. The van der Waals surface area contributed by atoms with Crippen LogP contribution in [0.1, 0.15) is 32.1 Å². The molecule has 2 atom stereocenters. The third-order valence-electron chi connectivity index (χ3n) is 4.87. The van der Waals surface area contributed by atoms with Gasteiger partial charge in [0.2, 0.25) is 0 Å². The molecule has 110 valence electrons. The standard InChI is InChI=1S/C17H24BrNO/c18-16-5-7-17(8-6-16)20-12-11-19-10-9-14-3-1-2-4-15(14)13-19/h5-8,14-15H,1-4,9-13H2. The van der Waals surface area contributed by atoms with Gasteiger partial charge in [-0.3, -0.25) is 4.90 Å². The average molecular weight is 338 g/mol. The molecule has 2 nitrogen and oxygen atoms in total. The van der Waals surface area contributed by atoms with Crippen molar-refractivity contribution in [3.05, 3.63) is 28.7 Å². The van der Waals surface area contributed by atoms with Crippen LogP contribution in [0.4, 0.5) is 0 Å². The van der Waals surface area contributed by atoms with Gasteiger partial charge in [0.05, 0.1) is 0 Å². The van der Waals surface area contributed by atoms with Crippen LogP contribution >= 0.6 is 15.9 Å². The lowest BCUT2D eigenvalue weighted by Gasteiger charge is -2.41. The summed E-state index contributed by atoms with van der Waals surface area (Å²) in [4.78, 5) is 2.60. The molecule has 1 aromatic rings. The maximum absolute atomic E-state index is 5.84. The first-order valence-corrected chi connectivity index (χ1v) is 8.71. The zero-order valence-electron chi connectivity index (χ0n) is 12.1. The van der Waals surface area contributed by atoms with Crippen molar-refractivity contribution in [2.45, 2.75) is 32.1 Å². The number of hydrogen-bond donors (Lipinski definition) is 0. The van der Waals surface area contributed by atoms with Crippen LogP contribution in [0.25, 0.3) is 0 Å². The maximum atomic E-state index is 5.84. The van der Waals surface area contributed by atoms with Crippen molar-refractivity contribution in [3.8, 4) is 5.75 Å². The van der Waals surface area contributed by atoms with E-state index in [0.717, 1.165) is 35.2 Å². The fourth-order valence-corrected chi connectivity index (χ4v) is 3.97. The molecule has 0 aromatic heterocycles. The van der Waals surface area contributed by atoms with Crippen molar-refractivity contribution in [1.29, 1.82) is 0 Å². The highest BCUT2D eigenvalue weighted by atomic mass is 79.9. The molecule has 20 heavy (non-hydrogen) atoms. The highest BCUT2D eigenvalue weighted by Crippen LogP contribution is 2.35. The van der Waals surface area contributed by atoms with E-state index in [-0.39, 0.29) is 0 Å². The molecule has 0 spiro atoms. The predicted molar refractivity (Wildman–Crippen MR) is 86.1 cm³/mol. The molecule has 2 unspecified atom stereocenters. The van der Waals surface area contributed by atoms with Gasteiger partial charge in [-0.15, -0.1) is 0 Å². The highest BCUT2D eigenvalue weighted by molar-refractivity contribution is 9.10. The van der Waals surface area contributed by atoms with Gasteiger partial charge < -0.3 is 4.74 Å². The lowest BCUT2D eigenvalue weighted by atomic mass is 9.75. The van der Waals surface area contributed by atoms with Gasteiger partial charge in [-0.25, -0.2) is 0 Å². The first-order chi connectivity index (χ1) is 9.81. The molecule has 0 N–H and O–H groups in total. The van der Waals surface area contributed by atoms with Crippen molar-refractivity contribution in [1.82, 2.24) is 4.90 Å². The molecule has 2 fully saturated rings.